The Kier molecular flexibility index (Phi) is 7.16. The number of nitrogens with zero attached hydrogens (tertiary/aromatic N) is 1. The molecule has 164 valence electrons. The van der Waals surface area contributed by atoms with Crippen LogP contribution in [0.15, 0.2) is 0 Å². The summed E-state index contributed by atoms with van der Waals surface area (Å²) in [6, 6.07) is -0.704. The average Bonchev–Trinajstić information content (AvgIpc) is 3.34. The van der Waals surface area contributed by atoms with Gasteiger partial charge in [0, 0.05) is 26.2 Å². The Labute approximate surface area is 172 Å². The molecule has 3 aliphatic rings. The van der Waals surface area contributed by atoms with Crippen LogP contribution >= 0.6 is 0 Å². The van der Waals surface area contributed by atoms with E-state index in [0.717, 1.165) is 19.3 Å². The number of nitrogens with one attached hydrogen (secondary N) is 2. The largest absolute Gasteiger partial charge is 0.396 e. The zero-order chi connectivity index (χ0) is 21.0. The molecule has 3 fully saturated rings. The molecule has 0 aliphatic carbocycles. The summed E-state index contributed by atoms with van der Waals surface area (Å²) in [5.41, 5.74) is -0.911. The molecule has 8 heteroatoms. The molecule has 3 heterocycles. The third-order valence-corrected chi connectivity index (χ3v) is 6.54. The number of unbranched alkanes of at least 4 members (excludes halogenated alkanes) is 2. The molecule has 0 aromatic heterocycles. The van der Waals surface area contributed by atoms with Crippen LogP contribution < -0.4 is 10.6 Å². The van der Waals surface area contributed by atoms with Gasteiger partial charge in [0.2, 0.25) is 17.7 Å². The zero-order valence-corrected chi connectivity index (χ0v) is 17.6. The lowest BCUT2D eigenvalue weighted by molar-refractivity contribution is -0.142. The van der Waals surface area contributed by atoms with Crippen molar-refractivity contribution >= 4 is 17.7 Å². The Bertz CT molecular complexity index is 627. The summed E-state index contributed by atoms with van der Waals surface area (Å²) >= 11 is 0. The molecule has 3 amide bonds. The standard InChI is InChI=1S/C21H35N3O5/c1-3-5-11-23-19(27)17-21-9-8-14(29-21)15(18(26)22-10-4-2)16(21)20(28)24(17)12-6-7-13-25/h14-17,25H,3-13H2,1-2H3,(H,22,26)(H,23,27)/t14-,15+,16-,17?,21?/m0/s1. The first-order valence-electron chi connectivity index (χ1n) is 11.2. The monoisotopic (exact) mass is 409 g/mol. The minimum absolute atomic E-state index is 0.0462. The van der Waals surface area contributed by atoms with E-state index in [-0.39, 0.29) is 30.4 Å². The van der Waals surface area contributed by atoms with Gasteiger partial charge in [-0.2, -0.15) is 0 Å². The lowest BCUT2D eigenvalue weighted by Crippen LogP contribution is -2.55. The molecule has 2 unspecified atom stereocenters. The molecule has 8 nitrogen and oxygen atoms in total. The predicted molar refractivity (Wildman–Crippen MR) is 107 cm³/mol. The quantitative estimate of drug-likeness (QED) is 0.433. The van der Waals surface area contributed by atoms with Gasteiger partial charge in [-0.15, -0.1) is 0 Å². The second-order valence-corrected chi connectivity index (χ2v) is 8.45. The molecule has 3 aliphatic heterocycles. The molecule has 29 heavy (non-hydrogen) atoms. The van der Waals surface area contributed by atoms with E-state index in [1.165, 1.54) is 0 Å². The second kappa shape index (κ2) is 9.43. The average molecular weight is 410 g/mol. The summed E-state index contributed by atoms with van der Waals surface area (Å²) in [6.07, 6.45) is 4.85. The van der Waals surface area contributed by atoms with Gasteiger partial charge >= 0.3 is 0 Å². The summed E-state index contributed by atoms with van der Waals surface area (Å²) in [4.78, 5) is 41.0. The fraction of sp³-hybridized carbons (Fsp3) is 0.857. The summed E-state index contributed by atoms with van der Waals surface area (Å²) in [5.74, 6) is -1.61. The fourth-order valence-electron chi connectivity index (χ4n) is 5.24. The van der Waals surface area contributed by atoms with Gasteiger partial charge in [0.1, 0.15) is 11.6 Å². The van der Waals surface area contributed by atoms with E-state index >= 15 is 0 Å². The Balaban J connectivity index is 1.86. The molecule has 1 spiro atoms. The second-order valence-electron chi connectivity index (χ2n) is 8.45. The number of hydrogen-bond donors (Lipinski definition) is 3. The number of fused-ring (bicyclic) bond motifs is 1. The molecule has 3 N–H and O–H groups in total. The van der Waals surface area contributed by atoms with Crippen molar-refractivity contribution < 1.29 is 24.2 Å². The van der Waals surface area contributed by atoms with Gasteiger partial charge in [-0.3, -0.25) is 14.4 Å². The molecular weight excluding hydrogens is 374 g/mol. The van der Waals surface area contributed by atoms with Crippen LogP contribution in [-0.2, 0) is 19.1 Å². The summed E-state index contributed by atoms with van der Waals surface area (Å²) in [5, 5.41) is 15.0. The van der Waals surface area contributed by atoms with E-state index < -0.39 is 23.5 Å². The van der Waals surface area contributed by atoms with Crippen molar-refractivity contribution in [2.24, 2.45) is 11.8 Å². The van der Waals surface area contributed by atoms with Gasteiger partial charge in [0.25, 0.3) is 0 Å². The van der Waals surface area contributed by atoms with Crippen LogP contribution in [-0.4, -0.2) is 71.7 Å². The number of ether oxygens (including phenoxy) is 1. The van der Waals surface area contributed by atoms with E-state index in [4.69, 9.17) is 9.84 Å². The van der Waals surface area contributed by atoms with Gasteiger partial charge < -0.3 is 25.4 Å². The van der Waals surface area contributed by atoms with Gasteiger partial charge in [0.15, 0.2) is 0 Å². The topological polar surface area (TPSA) is 108 Å². The molecular formula is C21H35N3O5. The highest BCUT2D eigenvalue weighted by Crippen LogP contribution is 2.58. The number of hydrogen-bond acceptors (Lipinski definition) is 5. The molecule has 0 aromatic carbocycles. The van der Waals surface area contributed by atoms with E-state index in [1.54, 1.807) is 4.90 Å². The number of aliphatic hydroxyl groups excluding tert-OH is 1. The van der Waals surface area contributed by atoms with Crippen molar-refractivity contribution in [3.05, 3.63) is 0 Å². The Morgan fingerprint density at radius 1 is 1.14 bits per heavy atom. The van der Waals surface area contributed by atoms with Crippen LogP contribution in [0.5, 0.6) is 0 Å². The SMILES string of the molecule is CCCCNC(=O)C1N(CCCCO)C(=O)[C@@H]2[C@H](C(=O)NCCC)[C@@H]3CCC12O3. The molecule has 0 radical (unpaired) electrons. The maximum absolute atomic E-state index is 13.4. The maximum atomic E-state index is 13.4. The van der Waals surface area contributed by atoms with E-state index in [1.807, 2.05) is 6.92 Å². The molecule has 3 rings (SSSR count). The molecule has 0 aromatic rings. The first-order valence-corrected chi connectivity index (χ1v) is 11.2. The number of carbonyl (C=O) groups excluding carboxylic acids is 3. The fourth-order valence-corrected chi connectivity index (χ4v) is 5.24. The first-order chi connectivity index (χ1) is 14.0. The molecule has 3 saturated heterocycles. The van der Waals surface area contributed by atoms with Gasteiger partial charge in [-0.1, -0.05) is 20.3 Å². The van der Waals surface area contributed by atoms with E-state index in [0.29, 0.717) is 45.3 Å². The Morgan fingerprint density at radius 2 is 1.90 bits per heavy atom. The van der Waals surface area contributed by atoms with Crippen molar-refractivity contribution in [3.8, 4) is 0 Å². The van der Waals surface area contributed by atoms with Crippen LogP contribution in [0.2, 0.25) is 0 Å². The summed E-state index contributed by atoms with van der Waals surface area (Å²) in [7, 11) is 0. The van der Waals surface area contributed by atoms with Crippen LogP contribution in [0.1, 0.15) is 58.8 Å². The normalized spacial score (nSPS) is 32.5. The Hall–Kier alpha value is -1.67. The van der Waals surface area contributed by atoms with Gasteiger partial charge in [-0.05, 0) is 38.5 Å². The van der Waals surface area contributed by atoms with Crippen LogP contribution in [0.4, 0.5) is 0 Å². The first kappa shape index (κ1) is 22.0. The van der Waals surface area contributed by atoms with Gasteiger partial charge in [0.05, 0.1) is 17.9 Å². The molecule has 5 atom stereocenters. The lowest BCUT2D eigenvalue weighted by atomic mass is 9.70. The summed E-state index contributed by atoms with van der Waals surface area (Å²) in [6.45, 7) is 5.61. The van der Waals surface area contributed by atoms with E-state index in [2.05, 4.69) is 17.6 Å². The molecule has 2 bridgehead atoms. The van der Waals surface area contributed by atoms with Crippen LogP contribution in [0.25, 0.3) is 0 Å². The van der Waals surface area contributed by atoms with Crippen LogP contribution in [0.3, 0.4) is 0 Å². The van der Waals surface area contributed by atoms with Crippen LogP contribution in [0, 0.1) is 11.8 Å². The number of likely N-dealkylation sites (tertiary alicyclic amines) is 1. The predicted octanol–water partition coefficient (Wildman–Crippen LogP) is 0.576. The van der Waals surface area contributed by atoms with Crippen molar-refractivity contribution in [2.75, 3.05) is 26.2 Å². The van der Waals surface area contributed by atoms with Gasteiger partial charge in [-0.25, -0.2) is 0 Å². The molecule has 0 saturated carbocycles. The highest BCUT2D eigenvalue weighted by Gasteiger charge is 2.74. The number of amides is 3. The maximum Gasteiger partial charge on any atom is 0.245 e. The minimum atomic E-state index is -0.911. The lowest BCUT2D eigenvalue weighted by Gasteiger charge is -2.33. The third-order valence-electron chi connectivity index (χ3n) is 6.54. The number of carbonyl (C=O) groups is 3. The zero-order valence-electron chi connectivity index (χ0n) is 17.6. The number of aliphatic hydroxyl groups is 1. The highest BCUT2D eigenvalue weighted by molar-refractivity contribution is 5.98. The smallest absolute Gasteiger partial charge is 0.245 e. The number of rotatable bonds is 11. The Morgan fingerprint density at radius 3 is 2.59 bits per heavy atom. The minimum Gasteiger partial charge on any atom is -0.396 e. The van der Waals surface area contributed by atoms with E-state index in [9.17, 15) is 14.4 Å². The summed E-state index contributed by atoms with van der Waals surface area (Å²) < 4.78 is 6.31. The highest BCUT2D eigenvalue weighted by atomic mass is 16.5. The van der Waals surface area contributed by atoms with Crippen molar-refractivity contribution in [2.45, 2.75) is 76.5 Å². The third kappa shape index (κ3) is 3.89. The van der Waals surface area contributed by atoms with Crippen molar-refractivity contribution in [1.29, 1.82) is 0 Å². The van der Waals surface area contributed by atoms with Crippen molar-refractivity contribution in [1.82, 2.24) is 15.5 Å². The van der Waals surface area contributed by atoms with Crippen molar-refractivity contribution in [3.63, 3.8) is 0 Å².